The summed E-state index contributed by atoms with van der Waals surface area (Å²) in [7, 11) is 0. The van der Waals surface area contributed by atoms with Crippen molar-refractivity contribution < 1.29 is 0 Å². The van der Waals surface area contributed by atoms with Gasteiger partial charge in [0.05, 0.1) is 0 Å². The van der Waals surface area contributed by atoms with Crippen LogP contribution < -0.4 is 11.3 Å². The van der Waals surface area contributed by atoms with Crippen LogP contribution in [0.25, 0.3) is 0 Å². The maximum absolute atomic E-state index is 5.56. The van der Waals surface area contributed by atoms with Gasteiger partial charge in [0.25, 0.3) is 0 Å². The van der Waals surface area contributed by atoms with Crippen LogP contribution in [0.1, 0.15) is 49.2 Å². The van der Waals surface area contributed by atoms with Gasteiger partial charge >= 0.3 is 0 Å². The van der Waals surface area contributed by atoms with Gasteiger partial charge in [0.1, 0.15) is 11.6 Å². The monoisotopic (exact) mass is 218 g/mol. The molecule has 1 aromatic rings. The van der Waals surface area contributed by atoms with Crippen LogP contribution in [0, 0.1) is 5.92 Å². The van der Waals surface area contributed by atoms with Crippen molar-refractivity contribution in [3.8, 4) is 0 Å². The van der Waals surface area contributed by atoms with Crippen molar-refractivity contribution in [3.05, 3.63) is 17.1 Å². The Hall–Kier alpha value is -1.16. The number of aryl methyl sites for hydroxylation is 1. The van der Waals surface area contributed by atoms with Crippen molar-refractivity contribution in [3.63, 3.8) is 0 Å². The van der Waals surface area contributed by atoms with Gasteiger partial charge in [-0.05, 0) is 38.0 Å². The van der Waals surface area contributed by atoms with Crippen LogP contribution in [0.3, 0.4) is 0 Å². The van der Waals surface area contributed by atoms with E-state index in [0.29, 0.717) is 5.92 Å². The molecule has 1 aromatic heterocycles. The second-order valence-corrected chi connectivity index (χ2v) is 5.03. The van der Waals surface area contributed by atoms with E-state index in [2.05, 4.69) is 17.3 Å². The van der Waals surface area contributed by atoms with E-state index in [1.54, 1.807) is 0 Å². The molecule has 0 saturated heterocycles. The van der Waals surface area contributed by atoms with E-state index in [9.17, 15) is 0 Å². The fraction of sp³-hybridized carbons (Fsp3) is 0.667. The number of nitrogens with two attached hydrogens (primary N) is 1. The van der Waals surface area contributed by atoms with Gasteiger partial charge in [-0.15, -0.1) is 0 Å². The first-order chi connectivity index (χ1) is 7.79. The van der Waals surface area contributed by atoms with Crippen LogP contribution in [0.2, 0.25) is 0 Å². The molecule has 0 radical (unpaired) electrons. The molecule has 2 aliphatic carbocycles. The summed E-state index contributed by atoms with van der Waals surface area (Å²) in [6.45, 7) is 2.25. The molecule has 0 aromatic carbocycles. The minimum Gasteiger partial charge on any atom is -0.308 e. The lowest BCUT2D eigenvalue weighted by Crippen LogP contribution is -2.17. The third-order valence-corrected chi connectivity index (χ3v) is 3.78. The SMILES string of the molecule is CC1CC1c1nc2c(c(NN)n1)CCCC2. The molecule has 3 N–H and O–H groups in total. The molecule has 0 aliphatic heterocycles. The molecule has 0 amide bonds. The number of aromatic nitrogens is 2. The molecule has 2 unspecified atom stereocenters. The van der Waals surface area contributed by atoms with E-state index < -0.39 is 0 Å². The summed E-state index contributed by atoms with van der Waals surface area (Å²) >= 11 is 0. The fourth-order valence-electron chi connectivity index (χ4n) is 2.58. The molecule has 0 bridgehead atoms. The van der Waals surface area contributed by atoms with E-state index >= 15 is 0 Å². The average molecular weight is 218 g/mol. The van der Waals surface area contributed by atoms with Gasteiger partial charge < -0.3 is 5.43 Å². The number of nitrogens with zero attached hydrogens (tertiary/aromatic N) is 2. The second-order valence-electron chi connectivity index (χ2n) is 5.03. The molecule has 86 valence electrons. The average Bonchev–Trinajstić information content (AvgIpc) is 3.05. The molecule has 2 atom stereocenters. The van der Waals surface area contributed by atoms with Gasteiger partial charge in [0, 0.05) is 17.2 Å². The summed E-state index contributed by atoms with van der Waals surface area (Å²) in [5.41, 5.74) is 5.21. The minimum absolute atomic E-state index is 0.569. The zero-order valence-corrected chi connectivity index (χ0v) is 9.66. The summed E-state index contributed by atoms with van der Waals surface area (Å²) in [4.78, 5) is 9.30. The van der Waals surface area contributed by atoms with Crippen molar-refractivity contribution >= 4 is 5.82 Å². The highest BCUT2D eigenvalue weighted by atomic mass is 15.3. The summed E-state index contributed by atoms with van der Waals surface area (Å²) in [6.07, 6.45) is 5.84. The molecular weight excluding hydrogens is 200 g/mol. The van der Waals surface area contributed by atoms with E-state index in [0.717, 1.165) is 30.4 Å². The first-order valence-electron chi connectivity index (χ1n) is 6.16. The molecule has 16 heavy (non-hydrogen) atoms. The second kappa shape index (κ2) is 3.70. The van der Waals surface area contributed by atoms with Gasteiger partial charge in [0.2, 0.25) is 0 Å². The number of hydrazine groups is 1. The Morgan fingerprint density at radius 3 is 2.69 bits per heavy atom. The molecular formula is C12H18N4. The largest absolute Gasteiger partial charge is 0.308 e. The number of nitrogen functional groups attached to an aromatic ring is 1. The Morgan fingerprint density at radius 2 is 2.00 bits per heavy atom. The Balaban J connectivity index is 2.02. The standard InChI is InChI=1S/C12H18N4/c1-7-6-9(7)11-14-10-5-3-2-4-8(10)12(15-11)16-13/h7,9H,2-6,13H2,1H3,(H,14,15,16). The van der Waals surface area contributed by atoms with Crippen LogP contribution in [0.15, 0.2) is 0 Å². The highest BCUT2D eigenvalue weighted by Crippen LogP contribution is 2.46. The predicted octanol–water partition coefficient (Wildman–Crippen LogP) is 1.76. The zero-order valence-electron chi connectivity index (χ0n) is 9.66. The minimum atomic E-state index is 0.569. The third-order valence-electron chi connectivity index (χ3n) is 3.78. The smallest absolute Gasteiger partial charge is 0.147 e. The number of hydrogen-bond donors (Lipinski definition) is 2. The molecule has 2 aliphatic rings. The molecule has 3 rings (SSSR count). The molecule has 4 nitrogen and oxygen atoms in total. The maximum Gasteiger partial charge on any atom is 0.147 e. The molecule has 1 heterocycles. The third kappa shape index (κ3) is 1.57. The molecule has 4 heteroatoms. The van der Waals surface area contributed by atoms with Gasteiger partial charge in [-0.25, -0.2) is 15.8 Å². The predicted molar refractivity (Wildman–Crippen MR) is 63.0 cm³/mol. The van der Waals surface area contributed by atoms with Gasteiger partial charge in [-0.1, -0.05) is 6.92 Å². The number of nitrogens with one attached hydrogen (secondary N) is 1. The first-order valence-corrected chi connectivity index (χ1v) is 6.16. The quantitative estimate of drug-likeness (QED) is 0.586. The van der Waals surface area contributed by atoms with E-state index in [-0.39, 0.29) is 0 Å². The highest BCUT2D eigenvalue weighted by Gasteiger charge is 2.37. The maximum atomic E-state index is 5.56. The summed E-state index contributed by atoms with van der Waals surface area (Å²) in [5.74, 6) is 8.73. The summed E-state index contributed by atoms with van der Waals surface area (Å²) in [5, 5.41) is 0. The van der Waals surface area contributed by atoms with Crippen LogP contribution in [0.5, 0.6) is 0 Å². The number of rotatable bonds is 2. The summed E-state index contributed by atoms with van der Waals surface area (Å²) < 4.78 is 0. The summed E-state index contributed by atoms with van der Waals surface area (Å²) in [6, 6.07) is 0. The number of anilines is 1. The normalized spacial score (nSPS) is 27.4. The molecule has 1 saturated carbocycles. The van der Waals surface area contributed by atoms with Crippen molar-refractivity contribution in [2.24, 2.45) is 11.8 Å². The number of hydrogen-bond acceptors (Lipinski definition) is 4. The van der Waals surface area contributed by atoms with Crippen LogP contribution in [-0.4, -0.2) is 9.97 Å². The Kier molecular flexibility index (Phi) is 2.32. The van der Waals surface area contributed by atoms with Crippen molar-refractivity contribution in [2.75, 3.05) is 5.43 Å². The van der Waals surface area contributed by atoms with Crippen molar-refractivity contribution in [1.29, 1.82) is 0 Å². The van der Waals surface area contributed by atoms with Crippen LogP contribution >= 0.6 is 0 Å². The van der Waals surface area contributed by atoms with Gasteiger partial charge in [-0.2, -0.15) is 0 Å². The molecule has 0 spiro atoms. The van der Waals surface area contributed by atoms with Crippen molar-refractivity contribution in [1.82, 2.24) is 9.97 Å². The van der Waals surface area contributed by atoms with Gasteiger partial charge in [-0.3, -0.25) is 0 Å². The first kappa shape index (κ1) is 10.0. The lowest BCUT2D eigenvalue weighted by atomic mass is 9.96. The lowest BCUT2D eigenvalue weighted by molar-refractivity contribution is 0.653. The van der Waals surface area contributed by atoms with Crippen LogP contribution in [-0.2, 0) is 12.8 Å². The zero-order chi connectivity index (χ0) is 11.1. The van der Waals surface area contributed by atoms with E-state index in [4.69, 9.17) is 10.8 Å². The molecule has 1 fully saturated rings. The van der Waals surface area contributed by atoms with Gasteiger partial charge in [0.15, 0.2) is 0 Å². The fourth-order valence-corrected chi connectivity index (χ4v) is 2.58. The van der Waals surface area contributed by atoms with E-state index in [1.165, 1.54) is 30.5 Å². The van der Waals surface area contributed by atoms with Crippen LogP contribution in [0.4, 0.5) is 5.82 Å². The lowest BCUT2D eigenvalue weighted by Gasteiger charge is -2.18. The Bertz CT molecular complexity index is 398. The Morgan fingerprint density at radius 1 is 1.25 bits per heavy atom. The van der Waals surface area contributed by atoms with E-state index in [1.807, 2.05) is 0 Å². The highest BCUT2D eigenvalue weighted by molar-refractivity contribution is 5.47. The Labute approximate surface area is 95.6 Å². The topological polar surface area (TPSA) is 63.8 Å². The number of fused-ring (bicyclic) bond motifs is 1. The van der Waals surface area contributed by atoms with Crippen molar-refractivity contribution in [2.45, 2.75) is 44.9 Å².